The average Bonchev–Trinajstić information content (AvgIpc) is 3.54. The van der Waals surface area contributed by atoms with Crippen LogP contribution >= 0.6 is 0 Å². The lowest BCUT2D eigenvalue weighted by Gasteiger charge is -2.18. The van der Waals surface area contributed by atoms with Crippen LogP contribution in [0.3, 0.4) is 0 Å². The number of ether oxygens (including phenoxy) is 1. The molecule has 0 spiro atoms. The second-order valence-corrected chi connectivity index (χ2v) is 11.7. The number of carbonyl (C=O) groups excluding carboxylic acids is 1. The molecule has 198 valence electrons. The number of nitrogens with zero attached hydrogens (tertiary/aromatic N) is 4. The van der Waals surface area contributed by atoms with E-state index in [0.29, 0.717) is 35.6 Å². The molecule has 1 N–H and O–H groups in total. The first-order valence-corrected chi connectivity index (χ1v) is 14.0. The Bertz CT molecular complexity index is 1670. The lowest BCUT2D eigenvalue weighted by atomic mass is 10.0. The minimum Gasteiger partial charge on any atom is -0.495 e. The number of nitrogens with one attached hydrogen (secondary N) is 1. The fourth-order valence-corrected chi connectivity index (χ4v) is 6.68. The molecule has 0 saturated carbocycles. The normalized spacial score (nSPS) is 14.2. The van der Waals surface area contributed by atoms with Gasteiger partial charge in [0.15, 0.2) is 11.3 Å². The van der Waals surface area contributed by atoms with Gasteiger partial charge in [0.1, 0.15) is 10.6 Å². The second-order valence-electron chi connectivity index (χ2n) is 9.75. The van der Waals surface area contributed by atoms with E-state index in [-0.39, 0.29) is 16.3 Å². The van der Waals surface area contributed by atoms with Crippen molar-refractivity contribution in [1.82, 2.24) is 18.9 Å². The van der Waals surface area contributed by atoms with Gasteiger partial charge in [-0.2, -0.15) is 9.40 Å². The highest BCUT2D eigenvalue weighted by molar-refractivity contribution is 7.89. The Hall–Kier alpha value is -3.76. The maximum absolute atomic E-state index is 13.7. The van der Waals surface area contributed by atoms with Crippen LogP contribution in [0, 0.1) is 27.7 Å². The van der Waals surface area contributed by atoms with Gasteiger partial charge in [-0.3, -0.25) is 4.79 Å². The molecule has 1 fully saturated rings. The zero-order valence-corrected chi connectivity index (χ0v) is 23.0. The number of sulfonamides is 1. The third-order valence-electron chi connectivity index (χ3n) is 6.88. The maximum atomic E-state index is 13.7. The van der Waals surface area contributed by atoms with Crippen LogP contribution in [0.15, 0.2) is 47.4 Å². The molecule has 5 rings (SSSR count). The maximum Gasteiger partial charge on any atom is 0.276 e. The van der Waals surface area contributed by atoms with Crippen molar-refractivity contribution in [1.29, 1.82) is 0 Å². The van der Waals surface area contributed by atoms with Gasteiger partial charge in [-0.25, -0.2) is 17.9 Å². The summed E-state index contributed by atoms with van der Waals surface area (Å²) in [5.41, 5.74) is 5.86. The van der Waals surface area contributed by atoms with Crippen molar-refractivity contribution < 1.29 is 17.9 Å². The largest absolute Gasteiger partial charge is 0.495 e. The van der Waals surface area contributed by atoms with Gasteiger partial charge < -0.3 is 10.1 Å². The zero-order valence-electron chi connectivity index (χ0n) is 22.2. The smallest absolute Gasteiger partial charge is 0.276 e. The first kappa shape index (κ1) is 25.9. The van der Waals surface area contributed by atoms with Gasteiger partial charge in [-0.15, -0.1) is 0 Å². The van der Waals surface area contributed by atoms with E-state index in [1.54, 1.807) is 22.7 Å². The summed E-state index contributed by atoms with van der Waals surface area (Å²) >= 11 is 0. The number of methoxy groups -OCH3 is 1. The standard InChI is InChI=1S/C28H31N5O4S/c1-17-8-10-22(18(2)14-17)30-28(34)26-25(27-29-19(3)15-20(4)33(27)31-26)21-9-11-23(37-5)24(16-21)38(35,36)32-12-6-7-13-32/h8-11,14-16H,6-7,12-13H2,1-5H3,(H,30,34). The van der Waals surface area contributed by atoms with E-state index in [1.165, 1.54) is 11.4 Å². The fraction of sp³-hybridized carbons (Fsp3) is 0.321. The van der Waals surface area contributed by atoms with Crippen LogP contribution in [0.2, 0.25) is 0 Å². The van der Waals surface area contributed by atoms with Crippen LogP contribution in [-0.2, 0) is 10.0 Å². The number of anilines is 1. The summed E-state index contributed by atoms with van der Waals surface area (Å²) in [4.78, 5) is 18.4. The van der Waals surface area contributed by atoms with E-state index in [0.717, 1.165) is 35.4 Å². The Labute approximate surface area is 222 Å². The Morgan fingerprint density at radius 1 is 1.00 bits per heavy atom. The number of carbonyl (C=O) groups is 1. The minimum atomic E-state index is -3.80. The van der Waals surface area contributed by atoms with Gasteiger partial charge in [-0.1, -0.05) is 23.8 Å². The van der Waals surface area contributed by atoms with Crippen LogP contribution in [0.25, 0.3) is 16.8 Å². The molecule has 0 atom stereocenters. The summed E-state index contributed by atoms with van der Waals surface area (Å²) in [6.07, 6.45) is 1.64. The molecule has 3 heterocycles. The predicted octanol–water partition coefficient (Wildman–Crippen LogP) is 4.68. The molecule has 10 heteroatoms. The third-order valence-corrected chi connectivity index (χ3v) is 8.80. The van der Waals surface area contributed by atoms with E-state index in [9.17, 15) is 13.2 Å². The predicted molar refractivity (Wildman–Crippen MR) is 146 cm³/mol. The molecule has 1 amide bonds. The highest BCUT2D eigenvalue weighted by Crippen LogP contribution is 2.36. The molecule has 9 nitrogen and oxygen atoms in total. The molecule has 1 aliphatic heterocycles. The van der Waals surface area contributed by atoms with Crippen molar-refractivity contribution in [3.63, 3.8) is 0 Å². The fourth-order valence-electron chi connectivity index (χ4n) is 4.98. The highest BCUT2D eigenvalue weighted by atomic mass is 32.2. The summed E-state index contributed by atoms with van der Waals surface area (Å²) in [5.74, 6) is -0.159. The molecule has 1 aliphatic rings. The van der Waals surface area contributed by atoms with Gasteiger partial charge in [0.25, 0.3) is 5.91 Å². The van der Waals surface area contributed by atoms with E-state index >= 15 is 0 Å². The molecular formula is C28H31N5O4S. The number of fused-ring (bicyclic) bond motifs is 1. The molecule has 0 unspecified atom stereocenters. The molecular weight excluding hydrogens is 502 g/mol. The minimum absolute atomic E-state index is 0.0591. The van der Waals surface area contributed by atoms with Crippen molar-refractivity contribution in [3.8, 4) is 16.9 Å². The number of hydrogen-bond donors (Lipinski definition) is 1. The number of hydrogen-bond acceptors (Lipinski definition) is 6. The van der Waals surface area contributed by atoms with Gasteiger partial charge in [0.2, 0.25) is 10.0 Å². The topological polar surface area (TPSA) is 106 Å². The quantitative estimate of drug-likeness (QED) is 0.386. The third kappa shape index (κ3) is 4.54. The van der Waals surface area contributed by atoms with E-state index in [2.05, 4.69) is 10.4 Å². The summed E-state index contributed by atoms with van der Waals surface area (Å²) in [5, 5.41) is 7.61. The molecule has 2 aromatic heterocycles. The van der Waals surface area contributed by atoms with Crippen molar-refractivity contribution >= 4 is 27.3 Å². The van der Waals surface area contributed by atoms with Crippen molar-refractivity contribution in [2.24, 2.45) is 0 Å². The van der Waals surface area contributed by atoms with Crippen LogP contribution in [-0.4, -0.2) is 53.4 Å². The van der Waals surface area contributed by atoms with Crippen LogP contribution in [0.4, 0.5) is 5.69 Å². The lowest BCUT2D eigenvalue weighted by Crippen LogP contribution is -2.28. The number of benzene rings is 2. The van der Waals surface area contributed by atoms with Crippen LogP contribution < -0.4 is 10.1 Å². The molecule has 0 aliphatic carbocycles. The number of amides is 1. The van der Waals surface area contributed by atoms with Gasteiger partial charge in [0.05, 0.1) is 12.7 Å². The number of rotatable bonds is 6. The monoisotopic (exact) mass is 533 g/mol. The van der Waals surface area contributed by atoms with Crippen molar-refractivity contribution in [2.75, 3.05) is 25.5 Å². The van der Waals surface area contributed by atoms with E-state index in [1.807, 2.05) is 52.0 Å². The summed E-state index contributed by atoms with van der Waals surface area (Å²) in [7, 11) is -2.35. The van der Waals surface area contributed by atoms with Crippen molar-refractivity contribution in [2.45, 2.75) is 45.4 Å². The van der Waals surface area contributed by atoms with Crippen LogP contribution in [0.5, 0.6) is 5.75 Å². The molecule has 0 radical (unpaired) electrons. The summed E-state index contributed by atoms with van der Waals surface area (Å²) in [6, 6.07) is 12.6. The van der Waals surface area contributed by atoms with Crippen molar-refractivity contribution in [3.05, 3.63) is 70.7 Å². The van der Waals surface area contributed by atoms with Gasteiger partial charge in [-0.05, 0) is 75.9 Å². The highest BCUT2D eigenvalue weighted by Gasteiger charge is 2.32. The van der Waals surface area contributed by atoms with Gasteiger partial charge in [0, 0.05) is 30.2 Å². The first-order valence-electron chi connectivity index (χ1n) is 12.5. The first-order chi connectivity index (χ1) is 18.1. The molecule has 0 bridgehead atoms. The number of aromatic nitrogens is 3. The zero-order chi connectivity index (χ0) is 27.2. The average molecular weight is 534 g/mol. The Morgan fingerprint density at radius 2 is 1.74 bits per heavy atom. The summed E-state index contributed by atoms with van der Waals surface area (Å²) in [6.45, 7) is 8.62. The lowest BCUT2D eigenvalue weighted by molar-refractivity contribution is 0.102. The molecule has 1 saturated heterocycles. The SMILES string of the molecule is COc1ccc(-c2c(C(=O)Nc3ccc(C)cc3C)nn3c(C)cc(C)nc23)cc1S(=O)(=O)N1CCCC1. The molecule has 2 aromatic carbocycles. The molecule has 4 aromatic rings. The van der Waals surface area contributed by atoms with Gasteiger partial charge >= 0.3 is 0 Å². The molecule has 38 heavy (non-hydrogen) atoms. The van der Waals surface area contributed by atoms with E-state index < -0.39 is 15.9 Å². The summed E-state index contributed by atoms with van der Waals surface area (Å²) < 4.78 is 35.7. The van der Waals surface area contributed by atoms with E-state index in [4.69, 9.17) is 9.72 Å². The van der Waals surface area contributed by atoms with Crippen LogP contribution in [0.1, 0.15) is 45.8 Å². The Kier molecular flexibility index (Phi) is 6.70. The Morgan fingerprint density at radius 3 is 2.42 bits per heavy atom. The Balaban J connectivity index is 1.70. The number of aryl methyl sites for hydroxylation is 4. The second kappa shape index (κ2) is 9.85.